The monoisotopic (exact) mass is 246 g/mol. The molecule has 1 aliphatic rings. The van der Waals surface area contributed by atoms with Crippen LogP contribution < -0.4 is 11.1 Å². The predicted octanol–water partition coefficient (Wildman–Crippen LogP) is 1.58. The summed E-state index contributed by atoms with van der Waals surface area (Å²) in [4.78, 5) is 11.7. The van der Waals surface area contributed by atoms with E-state index in [-0.39, 0.29) is 11.9 Å². The van der Waals surface area contributed by atoms with Gasteiger partial charge in [0.25, 0.3) is 0 Å². The maximum Gasteiger partial charge on any atom is 0.244 e. The summed E-state index contributed by atoms with van der Waals surface area (Å²) in [5.41, 5.74) is 7.28. The van der Waals surface area contributed by atoms with Crippen LogP contribution in [-0.2, 0) is 9.53 Å². The van der Waals surface area contributed by atoms with E-state index in [4.69, 9.17) is 10.5 Å². The summed E-state index contributed by atoms with van der Waals surface area (Å²) >= 11 is 0. The molecule has 1 aromatic carbocycles. The molecule has 4 nitrogen and oxygen atoms in total. The van der Waals surface area contributed by atoms with E-state index in [1.807, 2.05) is 24.3 Å². The van der Waals surface area contributed by atoms with Crippen molar-refractivity contribution in [3.05, 3.63) is 35.9 Å². The van der Waals surface area contributed by atoms with Crippen LogP contribution in [0.3, 0.4) is 0 Å². The molecule has 0 radical (unpaired) electrons. The molecule has 1 amide bonds. The van der Waals surface area contributed by atoms with Gasteiger partial charge in [0.1, 0.15) is 0 Å². The van der Waals surface area contributed by atoms with Crippen molar-refractivity contribution in [3.8, 4) is 0 Å². The zero-order valence-electron chi connectivity index (χ0n) is 10.3. The van der Waals surface area contributed by atoms with Crippen molar-refractivity contribution < 1.29 is 9.53 Å². The number of hydrogen-bond donors (Lipinski definition) is 2. The molecule has 4 heteroatoms. The van der Waals surface area contributed by atoms with Crippen LogP contribution in [0.4, 0.5) is 5.69 Å². The van der Waals surface area contributed by atoms with Gasteiger partial charge in [-0.2, -0.15) is 0 Å². The highest BCUT2D eigenvalue weighted by molar-refractivity contribution is 5.91. The fourth-order valence-corrected chi connectivity index (χ4v) is 1.87. The number of nitrogens with one attached hydrogen (secondary N) is 1. The zero-order valence-corrected chi connectivity index (χ0v) is 10.3. The molecule has 0 unspecified atom stereocenters. The third-order valence-electron chi connectivity index (χ3n) is 2.93. The number of amides is 1. The molecule has 1 aliphatic heterocycles. The Morgan fingerprint density at radius 1 is 1.28 bits per heavy atom. The second-order valence-electron chi connectivity index (χ2n) is 4.40. The Hall–Kier alpha value is -1.81. The number of hydrogen-bond acceptors (Lipinski definition) is 3. The van der Waals surface area contributed by atoms with Crippen molar-refractivity contribution >= 4 is 17.7 Å². The summed E-state index contributed by atoms with van der Waals surface area (Å²) in [6.45, 7) is 1.46. The first-order valence-electron chi connectivity index (χ1n) is 6.16. The first-order valence-corrected chi connectivity index (χ1v) is 6.16. The Labute approximate surface area is 107 Å². The number of carbonyl (C=O) groups is 1. The number of rotatable bonds is 3. The third-order valence-corrected chi connectivity index (χ3v) is 2.93. The van der Waals surface area contributed by atoms with E-state index >= 15 is 0 Å². The maximum absolute atomic E-state index is 11.7. The number of anilines is 1. The molecule has 1 fully saturated rings. The van der Waals surface area contributed by atoms with Gasteiger partial charge in [-0.05, 0) is 36.6 Å². The molecule has 3 N–H and O–H groups in total. The summed E-state index contributed by atoms with van der Waals surface area (Å²) in [6, 6.07) is 7.63. The quantitative estimate of drug-likeness (QED) is 0.628. The summed E-state index contributed by atoms with van der Waals surface area (Å²) in [6.07, 6.45) is 5.12. The van der Waals surface area contributed by atoms with Crippen LogP contribution in [0, 0.1) is 0 Å². The average Bonchev–Trinajstić information content (AvgIpc) is 2.39. The molecular formula is C14H18N2O2. The summed E-state index contributed by atoms with van der Waals surface area (Å²) < 4.78 is 5.24. The SMILES string of the molecule is Nc1ccc(/C=C/C(=O)NC2CCOCC2)cc1. The van der Waals surface area contributed by atoms with E-state index in [2.05, 4.69) is 5.32 Å². The highest BCUT2D eigenvalue weighted by Gasteiger charge is 2.14. The van der Waals surface area contributed by atoms with Gasteiger partial charge in [0.2, 0.25) is 5.91 Å². The van der Waals surface area contributed by atoms with Gasteiger partial charge in [-0.3, -0.25) is 4.79 Å². The molecular weight excluding hydrogens is 228 g/mol. The summed E-state index contributed by atoms with van der Waals surface area (Å²) in [5, 5.41) is 2.97. The molecule has 1 saturated heterocycles. The van der Waals surface area contributed by atoms with Crippen molar-refractivity contribution in [2.75, 3.05) is 18.9 Å². The standard InChI is InChI=1S/C14H18N2O2/c15-12-4-1-11(2-5-12)3-6-14(17)16-13-7-9-18-10-8-13/h1-6,13H,7-10,15H2,(H,16,17)/b6-3+. The van der Waals surface area contributed by atoms with E-state index < -0.39 is 0 Å². The van der Waals surface area contributed by atoms with E-state index in [1.54, 1.807) is 12.2 Å². The summed E-state index contributed by atoms with van der Waals surface area (Å²) in [7, 11) is 0. The highest BCUT2D eigenvalue weighted by Crippen LogP contribution is 2.08. The topological polar surface area (TPSA) is 64.4 Å². The van der Waals surface area contributed by atoms with Crippen molar-refractivity contribution in [2.24, 2.45) is 0 Å². The normalized spacial score (nSPS) is 16.9. The van der Waals surface area contributed by atoms with E-state index in [0.717, 1.165) is 37.3 Å². The fraction of sp³-hybridized carbons (Fsp3) is 0.357. The second kappa shape index (κ2) is 6.21. The van der Waals surface area contributed by atoms with Gasteiger partial charge in [0.15, 0.2) is 0 Å². The van der Waals surface area contributed by atoms with Gasteiger partial charge in [-0.25, -0.2) is 0 Å². The van der Waals surface area contributed by atoms with E-state index in [0.29, 0.717) is 0 Å². The molecule has 1 aromatic rings. The lowest BCUT2D eigenvalue weighted by atomic mass is 10.1. The van der Waals surface area contributed by atoms with Crippen LogP contribution in [0.25, 0.3) is 6.08 Å². The van der Waals surface area contributed by atoms with E-state index in [9.17, 15) is 4.79 Å². The number of benzene rings is 1. The number of ether oxygens (including phenoxy) is 1. The first-order chi connectivity index (χ1) is 8.74. The van der Waals surface area contributed by atoms with Crippen molar-refractivity contribution in [1.29, 1.82) is 0 Å². The molecule has 0 aliphatic carbocycles. The van der Waals surface area contributed by atoms with E-state index in [1.165, 1.54) is 0 Å². The number of carbonyl (C=O) groups excluding carboxylic acids is 1. The Morgan fingerprint density at radius 3 is 2.61 bits per heavy atom. The lowest BCUT2D eigenvalue weighted by molar-refractivity contribution is -0.117. The minimum atomic E-state index is -0.0567. The third kappa shape index (κ3) is 3.89. The van der Waals surface area contributed by atoms with Crippen LogP contribution in [0.5, 0.6) is 0 Å². The molecule has 0 saturated carbocycles. The van der Waals surface area contributed by atoms with Crippen LogP contribution in [0.2, 0.25) is 0 Å². The van der Waals surface area contributed by atoms with Crippen molar-refractivity contribution in [2.45, 2.75) is 18.9 Å². The fourth-order valence-electron chi connectivity index (χ4n) is 1.87. The van der Waals surface area contributed by atoms with Crippen molar-refractivity contribution in [3.63, 3.8) is 0 Å². The maximum atomic E-state index is 11.7. The first kappa shape index (κ1) is 12.6. The smallest absolute Gasteiger partial charge is 0.244 e. The van der Waals surface area contributed by atoms with Crippen LogP contribution >= 0.6 is 0 Å². The Balaban J connectivity index is 1.84. The Bertz CT molecular complexity index is 420. The molecule has 1 heterocycles. The van der Waals surface area contributed by atoms with Gasteiger partial charge >= 0.3 is 0 Å². The minimum absolute atomic E-state index is 0.0567. The van der Waals surface area contributed by atoms with Gasteiger partial charge < -0.3 is 15.8 Å². The lowest BCUT2D eigenvalue weighted by Gasteiger charge is -2.22. The predicted molar refractivity (Wildman–Crippen MR) is 71.9 cm³/mol. The van der Waals surface area contributed by atoms with Gasteiger partial charge in [-0.15, -0.1) is 0 Å². The molecule has 18 heavy (non-hydrogen) atoms. The number of nitrogens with two attached hydrogens (primary N) is 1. The van der Waals surface area contributed by atoms with Gasteiger partial charge in [0.05, 0.1) is 0 Å². The Kier molecular flexibility index (Phi) is 4.36. The lowest BCUT2D eigenvalue weighted by Crippen LogP contribution is -2.37. The van der Waals surface area contributed by atoms with Crippen LogP contribution in [0.1, 0.15) is 18.4 Å². The van der Waals surface area contributed by atoms with Gasteiger partial charge in [0, 0.05) is 31.0 Å². The largest absolute Gasteiger partial charge is 0.399 e. The highest BCUT2D eigenvalue weighted by atomic mass is 16.5. The zero-order chi connectivity index (χ0) is 12.8. The number of nitrogen functional groups attached to an aromatic ring is 1. The average molecular weight is 246 g/mol. The van der Waals surface area contributed by atoms with Crippen LogP contribution in [-0.4, -0.2) is 25.2 Å². The molecule has 0 atom stereocenters. The molecule has 0 spiro atoms. The Morgan fingerprint density at radius 2 is 1.94 bits per heavy atom. The molecule has 2 rings (SSSR count). The summed E-state index contributed by atoms with van der Waals surface area (Å²) in [5.74, 6) is -0.0567. The molecule has 0 bridgehead atoms. The second-order valence-corrected chi connectivity index (χ2v) is 4.40. The van der Waals surface area contributed by atoms with Crippen molar-refractivity contribution in [1.82, 2.24) is 5.32 Å². The van der Waals surface area contributed by atoms with Gasteiger partial charge in [-0.1, -0.05) is 12.1 Å². The minimum Gasteiger partial charge on any atom is -0.399 e. The molecule has 0 aromatic heterocycles. The molecule has 96 valence electrons. The van der Waals surface area contributed by atoms with Crippen LogP contribution in [0.15, 0.2) is 30.3 Å².